The van der Waals surface area contributed by atoms with Crippen molar-refractivity contribution in [2.24, 2.45) is 23.7 Å². The zero-order chi connectivity index (χ0) is 32.3. The second-order valence-corrected chi connectivity index (χ2v) is 21.7. The normalized spacial score (nSPS) is 17.0. The SMILES string of the molecule is CCCCC(CC)COP(=S)([S-])OCC(CC)CCCC.CCCCC(CC)COP(=S)([S-])OCC(CC)CCCC.[Ca+2]. The fourth-order valence-corrected chi connectivity index (χ4v) is 7.64. The first-order chi connectivity index (χ1) is 20.0. The number of rotatable bonds is 28. The average Bonchev–Trinajstić information content (AvgIpc) is 2.98. The molecule has 0 saturated carbocycles. The zero-order valence-electron chi connectivity index (χ0n) is 29.3. The summed E-state index contributed by atoms with van der Waals surface area (Å²) in [6, 6.07) is 0. The quantitative estimate of drug-likeness (QED) is 0.0445. The molecule has 0 N–H and O–H groups in total. The van der Waals surface area contributed by atoms with E-state index in [2.05, 4.69) is 55.4 Å². The molecule has 256 valence electrons. The Balaban J connectivity index is -0.000000727. The van der Waals surface area contributed by atoms with Crippen molar-refractivity contribution in [3.63, 3.8) is 0 Å². The Hall–Kier alpha value is 3.10. The van der Waals surface area contributed by atoms with Gasteiger partial charge in [0.2, 0.25) is 0 Å². The zero-order valence-corrected chi connectivity index (χ0v) is 36.6. The summed E-state index contributed by atoms with van der Waals surface area (Å²) in [5.41, 5.74) is -4.95. The van der Waals surface area contributed by atoms with Crippen LogP contribution in [0.3, 0.4) is 0 Å². The molecule has 0 aliphatic carbocycles. The molecule has 0 amide bonds. The molecule has 0 saturated heterocycles. The third-order valence-corrected chi connectivity index (χ3v) is 12.4. The molecule has 0 aliphatic rings. The first-order valence-electron chi connectivity index (χ1n) is 17.2. The van der Waals surface area contributed by atoms with Crippen molar-refractivity contribution in [2.45, 2.75) is 158 Å². The van der Waals surface area contributed by atoms with Crippen LogP contribution in [0.4, 0.5) is 0 Å². The van der Waals surface area contributed by atoms with Crippen molar-refractivity contribution in [1.82, 2.24) is 0 Å². The van der Waals surface area contributed by atoms with Crippen LogP contribution in [0.15, 0.2) is 0 Å². The van der Waals surface area contributed by atoms with E-state index in [1.807, 2.05) is 0 Å². The van der Waals surface area contributed by atoms with E-state index in [4.69, 9.17) is 66.2 Å². The molecule has 0 radical (unpaired) electrons. The molecule has 0 bridgehead atoms. The Kier molecular flexibility index (Phi) is 39.4. The summed E-state index contributed by atoms with van der Waals surface area (Å²) in [6.07, 6.45) is 19.2. The van der Waals surface area contributed by atoms with Crippen molar-refractivity contribution < 1.29 is 18.1 Å². The van der Waals surface area contributed by atoms with E-state index in [1.165, 1.54) is 77.0 Å². The molecule has 0 aromatic carbocycles. The summed E-state index contributed by atoms with van der Waals surface area (Å²) in [4.78, 5) is 0. The van der Waals surface area contributed by atoms with E-state index in [0.717, 1.165) is 25.7 Å². The number of hydrogen-bond donors (Lipinski definition) is 0. The van der Waals surface area contributed by atoms with Crippen LogP contribution in [0, 0.1) is 23.7 Å². The standard InChI is InChI=1S/2C16H35O2PS2.Ca/c2*1-5-9-11-15(7-3)13-17-19(20,21)18-14-16(8-4)12-10-6-2;/h2*15-16H,5-14H2,1-4H3,(H,20,21);/q;;+2/p-2. The molecule has 0 heterocycles. The Morgan fingerprint density at radius 3 is 0.767 bits per heavy atom. The van der Waals surface area contributed by atoms with Gasteiger partial charge in [-0.15, -0.1) is 0 Å². The van der Waals surface area contributed by atoms with Crippen molar-refractivity contribution in [2.75, 3.05) is 26.4 Å². The molecule has 4 unspecified atom stereocenters. The minimum absolute atomic E-state index is 0. The van der Waals surface area contributed by atoms with Gasteiger partial charge in [0.25, 0.3) is 0 Å². The molecular weight excluding hydrogens is 679 g/mol. The second kappa shape index (κ2) is 33.6. The third-order valence-electron chi connectivity index (χ3n) is 8.05. The van der Waals surface area contributed by atoms with E-state index in [-0.39, 0.29) is 37.7 Å². The van der Waals surface area contributed by atoms with Crippen LogP contribution in [0.5, 0.6) is 0 Å². The molecule has 4 nitrogen and oxygen atoms in total. The predicted molar refractivity (Wildman–Crippen MR) is 206 cm³/mol. The summed E-state index contributed by atoms with van der Waals surface area (Å²) in [5, 5.41) is 0. The summed E-state index contributed by atoms with van der Waals surface area (Å²) in [5.74, 6) is 2.28. The van der Waals surface area contributed by atoms with Crippen LogP contribution < -0.4 is 0 Å². The van der Waals surface area contributed by atoms with Gasteiger partial charge in [0.15, 0.2) is 0 Å². The van der Waals surface area contributed by atoms with Gasteiger partial charge in [-0.3, -0.25) is 0 Å². The van der Waals surface area contributed by atoms with Gasteiger partial charge in [0.1, 0.15) is 0 Å². The largest absolute Gasteiger partial charge is 2.00 e. The molecule has 0 aliphatic heterocycles. The Bertz CT molecular complexity index is 590. The molecule has 0 rings (SSSR count). The maximum Gasteiger partial charge on any atom is 2.00 e. The summed E-state index contributed by atoms with van der Waals surface area (Å²) >= 11 is 21.5. The molecule has 0 aromatic heterocycles. The predicted octanol–water partition coefficient (Wildman–Crippen LogP) is 12.1. The third kappa shape index (κ3) is 32.1. The Labute approximate surface area is 320 Å². The van der Waals surface area contributed by atoms with Gasteiger partial charge in [0.05, 0.1) is 37.8 Å². The van der Waals surface area contributed by atoms with Crippen molar-refractivity contribution in [3.8, 4) is 0 Å². The minimum Gasteiger partial charge on any atom is -0.691 e. The molecule has 0 spiro atoms. The average molecular weight is 747 g/mol. The topological polar surface area (TPSA) is 36.9 Å². The van der Waals surface area contributed by atoms with E-state index in [9.17, 15) is 0 Å². The van der Waals surface area contributed by atoms with E-state index in [1.54, 1.807) is 0 Å². The maximum atomic E-state index is 5.80. The molecule has 11 heteroatoms. The van der Waals surface area contributed by atoms with Crippen LogP contribution in [0.1, 0.15) is 158 Å². The second-order valence-electron chi connectivity index (χ2n) is 11.7. The number of hydrogen-bond acceptors (Lipinski definition) is 8. The summed E-state index contributed by atoms with van der Waals surface area (Å²) < 4.78 is 23.2. The first-order valence-corrected chi connectivity index (χ1v) is 24.5. The Morgan fingerprint density at radius 1 is 0.442 bits per heavy atom. The van der Waals surface area contributed by atoms with Crippen molar-refractivity contribution in [1.29, 1.82) is 0 Å². The molecule has 0 fully saturated rings. The summed E-state index contributed by atoms with van der Waals surface area (Å²) in [7, 11) is 0. The van der Waals surface area contributed by atoms with Gasteiger partial charge in [-0.2, -0.15) is 0 Å². The van der Waals surface area contributed by atoms with Gasteiger partial charge < -0.3 is 42.6 Å². The van der Waals surface area contributed by atoms with Gasteiger partial charge in [-0.1, -0.05) is 156 Å². The minimum atomic E-state index is -2.47. The Morgan fingerprint density at radius 2 is 0.628 bits per heavy atom. The van der Waals surface area contributed by atoms with Crippen molar-refractivity contribution >= 4 is 97.2 Å². The van der Waals surface area contributed by atoms with Gasteiger partial charge in [0, 0.05) is 0 Å². The number of unbranched alkanes of at least 4 members (excludes halogenated alkanes) is 4. The maximum absolute atomic E-state index is 5.80. The monoisotopic (exact) mass is 746 g/mol. The smallest absolute Gasteiger partial charge is 0.691 e. The van der Waals surface area contributed by atoms with Gasteiger partial charge >= 0.3 is 37.7 Å². The molecule has 0 aromatic rings. The van der Waals surface area contributed by atoms with Crippen LogP contribution in [-0.2, 0) is 66.2 Å². The molecule has 43 heavy (non-hydrogen) atoms. The van der Waals surface area contributed by atoms with E-state index >= 15 is 0 Å². The van der Waals surface area contributed by atoms with E-state index in [0.29, 0.717) is 50.1 Å². The van der Waals surface area contributed by atoms with Crippen LogP contribution in [-0.4, -0.2) is 64.2 Å². The summed E-state index contributed by atoms with van der Waals surface area (Å²) in [6.45, 7) is 20.4. The van der Waals surface area contributed by atoms with Crippen molar-refractivity contribution in [3.05, 3.63) is 0 Å². The fourth-order valence-electron chi connectivity index (χ4n) is 4.45. The van der Waals surface area contributed by atoms with E-state index < -0.39 is 11.4 Å². The van der Waals surface area contributed by atoms with Gasteiger partial charge in [-0.05, 0) is 49.4 Å². The van der Waals surface area contributed by atoms with Crippen LogP contribution in [0.25, 0.3) is 0 Å². The van der Waals surface area contributed by atoms with Crippen LogP contribution in [0.2, 0.25) is 0 Å². The molecular formula is C32H68CaO4P2S4. The molecule has 4 atom stereocenters. The first kappa shape index (κ1) is 50.5. The van der Waals surface area contributed by atoms with Crippen LogP contribution >= 0.6 is 11.4 Å². The van der Waals surface area contributed by atoms with Gasteiger partial charge in [-0.25, -0.2) is 0 Å². The fraction of sp³-hybridized carbons (Fsp3) is 1.00.